The number of piperazine rings is 1. The van der Waals surface area contributed by atoms with Crippen molar-refractivity contribution in [3.05, 3.63) is 54.0 Å². The predicted molar refractivity (Wildman–Crippen MR) is 107 cm³/mol. The first-order chi connectivity index (χ1) is 13.8. The third-order valence-electron chi connectivity index (χ3n) is 5.02. The molecule has 2 aromatic rings. The minimum atomic E-state index is -3.65. The molecular weight excluding hydrogens is 394 g/mol. The van der Waals surface area contributed by atoms with Gasteiger partial charge in [0.1, 0.15) is 5.76 Å². The minimum absolute atomic E-state index is 0.0775. The second-order valence-corrected chi connectivity index (χ2v) is 8.92. The maximum atomic E-state index is 12.8. The Labute approximate surface area is 170 Å². The number of carbonyl (C=O) groups is 2. The van der Waals surface area contributed by atoms with Crippen molar-refractivity contribution in [1.29, 1.82) is 0 Å². The number of sulfonamides is 1. The standard InChI is InChI=1S/C20H25N3O5S/c1-15(19-4-3-13-28-19)21-14-20(25)22-9-11-23(12-10-22)29(26,27)18-7-5-17(6-8-18)16(2)24/h3-8,13,15,21H,9-12,14H2,1-2H3/t15-/m1/s1. The molecule has 1 N–H and O–H groups in total. The van der Waals surface area contributed by atoms with Gasteiger partial charge in [-0.15, -0.1) is 0 Å². The van der Waals surface area contributed by atoms with Crippen LogP contribution in [0.1, 0.15) is 36.0 Å². The number of ketones is 1. The molecule has 0 unspecified atom stereocenters. The third-order valence-corrected chi connectivity index (χ3v) is 6.93. The predicted octanol–water partition coefficient (Wildman–Crippen LogP) is 1.67. The van der Waals surface area contributed by atoms with Crippen LogP contribution >= 0.6 is 0 Å². The Bertz CT molecular complexity index is 947. The van der Waals surface area contributed by atoms with Gasteiger partial charge in [0, 0.05) is 31.7 Å². The van der Waals surface area contributed by atoms with Crippen LogP contribution in [0.4, 0.5) is 0 Å². The molecule has 9 heteroatoms. The monoisotopic (exact) mass is 419 g/mol. The Morgan fingerprint density at radius 1 is 1.10 bits per heavy atom. The highest BCUT2D eigenvalue weighted by Gasteiger charge is 2.30. The van der Waals surface area contributed by atoms with Crippen LogP contribution in [0, 0.1) is 0 Å². The van der Waals surface area contributed by atoms with E-state index in [1.807, 2.05) is 13.0 Å². The second kappa shape index (κ2) is 8.89. The van der Waals surface area contributed by atoms with Gasteiger partial charge in [-0.05, 0) is 38.1 Å². The zero-order valence-corrected chi connectivity index (χ0v) is 17.3. The summed E-state index contributed by atoms with van der Waals surface area (Å²) in [6.45, 7) is 4.63. The Hall–Kier alpha value is -2.49. The van der Waals surface area contributed by atoms with Gasteiger partial charge in [0.05, 0.1) is 23.7 Å². The molecule has 1 aliphatic heterocycles. The van der Waals surface area contributed by atoms with E-state index in [4.69, 9.17) is 4.42 Å². The van der Waals surface area contributed by atoms with Gasteiger partial charge < -0.3 is 9.32 Å². The first kappa shape index (κ1) is 21.2. The fourth-order valence-corrected chi connectivity index (χ4v) is 4.60. The van der Waals surface area contributed by atoms with E-state index in [2.05, 4.69) is 5.32 Å². The molecule has 0 saturated carbocycles. The Balaban J connectivity index is 1.53. The summed E-state index contributed by atoms with van der Waals surface area (Å²) in [5.41, 5.74) is 0.468. The molecule has 0 spiro atoms. The van der Waals surface area contributed by atoms with E-state index in [-0.39, 0.29) is 42.3 Å². The Morgan fingerprint density at radius 2 is 1.76 bits per heavy atom. The second-order valence-electron chi connectivity index (χ2n) is 6.98. The summed E-state index contributed by atoms with van der Waals surface area (Å²) >= 11 is 0. The Kier molecular flexibility index (Phi) is 6.51. The van der Waals surface area contributed by atoms with E-state index in [1.165, 1.54) is 35.5 Å². The van der Waals surface area contributed by atoms with Crippen LogP contribution < -0.4 is 5.32 Å². The molecular formula is C20H25N3O5S. The molecule has 1 fully saturated rings. The number of hydrogen-bond donors (Lipinski definition) is 1. The van der Waals surface area contributed by atoms with Gasteiger partial charge in [-0.3, -0.25) is 14.9 Å². The van der Waals surface area contributed by atoms with Crippen LogP contribution in [-0.2, 0) is 14.8 Å². The normalized spacial score (nSPS) is 16.6. The number of rotatable bonds is 7. The zero-order valence-electron chi connectivity index (χ0n) is 16.5. The van der Waals surface area contributed by atoms with Gasteiger partial charge in [0.2, 0.25) is 15.9 Å². The van der Waals surface area contributed by atoms with Crippen molar-refractivity contribution in [2.75, 3.05) is 32.7 Å². The molecule has 0 aliphatic carbocycles. The first-order valence-electron chi connectivity index (χ1n) is 9.45. The van der Waals surface area contributed by atoms with Crippen molar-refractivity contribution in [2.24, 2.45) is 0 Å². The van der Waals surface area contributed by atoms with Crippen LogP contribution in [-0.4, -0.2) is 62.0 Å². The number of nitrogens with one attached hydrogen (secondary N) is 1. The highest BCUT2D eigenvalue weighted by atomic mass is 32.2. The molecule has 1 amide bonds. The van der Waals surface area contributed by atoms with Crippen molar-refractivity contribution >= 4 is 21.7 Å². The summed E-state index contributed by atoms with van der Waals surface area (Å²) in [7, 11) is -3.65. The minimum Gasteiger partial charge on any atom is -0.468 e. The van der Waals surface area contributed by atoms with Crippen LogP contribution in [0.15, 0.2) is 52.0 Å². The molecule has 2 heterocycles. The summed E-state index contributed by atoms with van der Waals surface area (Å²) in [5, 5.41) is 3.12. The lowest BCUT2D eigenvalue weighted by molar-refractivity contribution is -0.131. The molecule has 3 rings (SSSR count). The number of benzene rings is 1. The average molecular weight is 420 g/mol. The van der Waals surface area contributed by atoms with Crippen molar-refractivity contribution in [3.63, 3.8) is 0 Å². The molecule has 29 heavy (non-hydrogen) atoms. The van der Waals surface area contributed by atoms with E-state index in [0.29, 0.717) is 18.7 Å². The van der Waals surface area contributed by atoms with Gasteiger partial charge in [-0.1, -0.05) is 12.1 Å². The molecule has 8 nitrogen and oxygen atoms in total. The van der Waals surface area contributed by atoms with E-state index < -0.39 is 10.0 Å². The molecule has 1 aromatic carbocycles. The van der Waals surface area contributed by atoms with Crippen LogP contribution in [0.2, 0.25) is 0 Å². The van der Waals surface area contributed by atoms with E-state index in [1.54, 1.807) is 17.2 Å². The quantitative estimate of drug-likeness (QED) is 0.686. The van der Waals surface area contributed by atoms with Crippen molar-refractivity contribution in [1.82, 2.24) is 14.5 Å². The maximum absolute atomic E-state index is 12.8. The molecule has 1 aromatic heterocycles. The van der Waals surface area contributed by atoms with Gasteiger partial charge in [-0.25, -0.2) is 8.42 Å². The van der Waals surface area contributed by atoms with Crippen LogP contribution in [0.25, 0.3) is 0 Å². The molecule has 0 bridgehead atoms. The Morgan fingerprint density at radius 3 is 2.31 bits per heavy atom. The fraction of sp³-hybridized carbons (Fsp3) is 0.400. The molecule has 156 valence electrons. The summed E-state index contributed by atoms with van der Waals surface area (Å²) < 4.78 is 32.3. The van der Waals surface area contributed by atoms with Gasteiger partial charge >= 0.3 is 0 Å². The van der Waals surface area contributed by atoms with Crippen LogP contribution in [0.3, 0.4) is 0 Å². The zero-order chi connectivity index (χ0) is 21.0. The summed E-state index contributed by atoms with van der Waals surface area (Å²) in [6, 6.07) is 9.47. The fourth-order valence-electron chi connectivity index (χ4n) is 3.18. The maximum Gasteiger partial charge on any atom is 0.243 e. The lowest BCUT2D eigenvalue weighted by atomic mass is 10.2. The molecule has 1 atom stereocenters. The summed E-state index contributed by atoms with van der Waals surface area (Å²) in [6.07, 6.45) is 1.59. The van der Waals surface area contributed by atoms with E-state index in [9.17, 15) is 18.0 Å². The molecule has 1 aliphatic rings. The number of amides is 1. The highest BCUT2D eigenvalue weighted by molar-refractivity contribution is 7.89. The molecule has 0 radical (unpaired) electrons. The van der Waals surface area contributed by atoms with Crippen LogP contribution in [0.5, 0.6) is 0 Å². The van der Waals surface area contributed by atoms with Crippen molar-refractivity contribution in [2.45, 2.75) is 24.8 Å². The van der Waals surface area contributed by atoms with Crippen molar-refractivity contribution < 1.29 is 22.4 Å². The SMILES string of the molecule is CC(=O)c1ccc(S(=O)(=O)N2CCN(C(=O)CN[C@H](C)c3ccco3)CC2)cc1. The number of hydrogen-bond acceptors (Lipinski definition) is 6. The van der Waals surface area contributed by atoms with E-state index >= 15 is 0 Å². The highest BCUT2D eigenvalue weighted by Crippen LogP contribution is 2.19. The molecule has 1 saturated heterocycles. The number of nitrogens with zero attached hydrogens (tertiary/aromatic N) is 2. The summed E-state index contributed by atoms with van der Waals surface area (Å²) in [4.78, 5) is 25.6. The number of Topliss-reactive ketones (excluding diaryl/α,β-unsaturated/α-hetero) is 1. The smallest absolute Gasteiger partial charge is 0.243 e. The average Bonchev–Trinajstić information content (AvgIpc) is 3.27. The topological polar surface area (TPSA) is 99.9 Å². The van der Waals surface area contributed by atoms with E-state index in [0.717, 1.165) is 5.76 Å². The van der Waals surface area contributed by atoms with Gasteiger partial charge in [-0.2, -0.15) is 4.31 Å². The largest absolute Gasteiger partial charge is 0.468 e. The van der Waals surface area contributed by atoms with Gasteiger partial charge in [0.25, 0.3) is 0 Å². The third kappa shape index (κ3) is 4.92. The lowest BCUT2D eigenvalue weighted by Crippen LogP contribution is -2.52. The number of furan rings is 1. The number of carbonyl (C=O) groups excluding carboxylic acids is 2. The lowest BCUT2D eigenvalue weighted by Gasteiger charge is -2.34. The first-order valence-corrected chi connectivity index (χ1v) is 10.9. The van der Waals surface area contributed by atoms with Gasteiger partial charge in [0.15, 0.2) is 5.78 Å². The van der Waals surface area contributed by atoms with Crippen molar-refractivity contribution in [3.8, 4) is 0 Å². The summed E-state index contributed by atoms with van der Waals surface area (Å²) in [5.74, 6) is 0.562.